The predicted molar refractivity (Wildman–Crippen MR) is 87.1 cm³/mol. The molecule has 1 aromatic carbocycles. The molecule has 2 atom stereocenters. The van der Waals surface area contributed by atoms with Gasteiger partial charge in [0.05, 0.1) is 4.90 Å². The molecule has 1 saturated heterocycles. The van der Waals surface area contributed by atoms with Gasteiger partial charge in [0.25, 0.3) is 0 Å². The smallest absolute Gasteiger partial charge is 0.244 e. The zero-order valence-electron chi connectivity index (χ0n) is 11.4. The molecule has 2 N–H and O–H groups in total. The van der Waals surface area contributed by atoms with Crippen molar-refractivity contribution < 1.29 is 8.42 Å². The highest BCUT2D eigenvalue weighted by Crippen LogP contribution is 2.34. The first-order valence-electron chi connectivity index (χ1n) is 6.45. The molecule has 7 heteroatoms. The maximum Gasteiger partial charge on any atom is 0.244 e. The zero-order valence-corrected chi connectivity index (χ0v) is 15.4. The molecular weight excluding hydrogens is 408 g/mol. The Morgan fingerprint density at radius 3 is 2.55 bits per heavy atom. The summed E-state index contributed by atoms with van der Waals surface area (Å²) in [6.45, 7) is 4.88. The normalized spacial score (nSPS) is 24.2. The van der Waals surface area contributed by atoms with E-state index in [0.717, 1.165) is 16.5 Å². The summed E-state index contributed by atoms with van der Waals surface area (Å²) in [6.07, 6.45) is 0.820. The molecule has 4 nitrogen and oxygen atoms in total. The first kappa shape index (κ1) is 16.4. The highest BCUT2D eigenvalue weighted by molar-refractivity contribution is 9.11. The summed E-state index contributed by atoms with van der Waals surface area (Å²) in [5, 5.41) is 0. The average molecular weight is 426 g/mol. The first-order valence-corrected chi connectivity index (χ1v) is 9.47. The zero-order chi connectivity index (χ0) is 15.1. The van der Waals surface area contributed by atoms with Crippen LogP contribution in [-0.2, 0) is 10.0 Å². The van der Waals surface area contributed by atoms with Crippen LogP contribution in [0.3, 0.4) is 0 Å². The van der Waals surface area contributed by atoms with Crippen molar-refractivity contribution in [2.45, 2.75) is 31.2 Å². The molecule has 0 saturated carbocycles. The average Bonchev–Trinajstić information content (AvgIpc) is 2.75. The molecule has 1 heterocycles. The van der Waals surface area contributed by atoms with Crippen LogP contribution in [0.4, 0.5) is 0 Å². The Hall–Kier alpha value is 0.0500. The quantitative estimate of drug-likeness (QED) is 0.809. The van der Waals surface area contributed by atoms with Gasteiger partial charge in [0.2, 0.25) is 10.0 Å². The standard InChI is InChI=1S/C13H18Br2N2O2S/c1-8-3-12(15)13(5-11(8)14)20(18,19)17-7-10(6-16)4-9(17)2/h3,5,9-10H,4,6-7,16H2,1-2H3. The van der Waals surface area contributed by atoms with Gasteiger partial charge >= 0.3 is 0 Å². The molecule has 112 valence electrons. The summed E-state index contributed by atoms with van der Waals surface area (Å²) in [5.74, 6) is 0.243. The molecule has 2 rings (SSSR count). The minimum Gasteiger partial charge on any atom is -0.330 e. The number of aryl methyl sites for hydroxylation is 1. The second-order valence-corrected chi connectivity index (χ2v) is 8.86. The van der Waals surface area contributed by atoms with Gasteiger partial charge in [-0.3, -0.25) is 0 Å². The van der Waals surface area contributed by atoms with Crippen LogP contribution in [0.25, 0.3) is 0 Å². The van der Waals surface area contributed by atoms with Crippen molar-refractivity contribution in [1.82, 2.24) is 4.31 Å². The highest BCUT2D eigenvalue weighted by atomic mass is 79.9. The second-order valence-electron chi connectivity index (χ2n) is 5.29. The second kappa shape index (κ2) is 6.04. The van der Waals surface area contributed by atoms with Gasteiger partial charge in [0, 0.05) is 21.5 Å². The minimum absolute atomic E-state index is 0.0134. The fourth-order valence-electron chi connectivity index (χ4n) is 2.57. The van der Waals surface area contributed by atoms with Crippen LogP contribution < -0.4 is 5.73 Å². The lowest BCUT2D eigenvalue weighted by atomic mass is 10.1. The number of benzene rings is 1. The van der Waals surface area contributed by atoms with E-state index in [1.807, 2.05) is 19.9 Å². The predicted octanol–water partition coefficient (Wildman–Crippen LogP) is 2.88. The van der Waals surface area contributed by atoms with E-state index in [2.05, 4.69) is 31.9 Å². The molecule has 0 aromatic heterocycles. The Morgan fingerprint density at radius 2 is 2.00 bits per heavy atom. The van der Waals surface area contributed by atoms with E-state index < -0.39 is 10.0 Å². The number of halogens is 2. The topological polar surface area (TPSA) is 63.4 Å². The Labute approximate surface area is 137 Å². The monoisotopic (exact) mass is 424 g/mol. The lowest BCUT2D eigenvalue weighted by Crippen LogP contribution is -2.34. The molecule has 20 heavy (non-hydrogen) atoms. The molecule has 1 fully saturated rings. The van der Waals surface area contributed by atoms with Crippen molar-refractivity contribution >= 4 is 41.9 Å². The number of sulfonamides is 1. The number of rotatable bonds is 3. The summed E-state index contributed by atoms with van der Waals surface area (Å²) in [5.41, 5.74) is 6.67. The third-order valence-electron chi connectivity index (χ3n) is 3.74. The van der Waals surface area contributed by atoms with Crippen molar-refractivity contribution in [3.63, 3.8) is 0 Å². The van der Waals surface area contributed by atoms with Gasteiger partial charge in [-0.15, -0.1) is 0 Å². The largest absolute Gasteiger partial charge is 0.330 e. The Balaban J connectivity index is 2.43. The summed E-state index contributed by atoms with van der Waals surface area (Å²) in [7, 11) is -3.50. The number of nitrogens with two attached hydrogens (primary N) is 1. The minimum atomic E-state index is -3.50. The third-order valence-corrected chi connectivity index (χ3v) is 7.53. The highest BCUT2D eigenvalue weighted by Gasteiger charge is 2.38. The van der Waals surface area contributed by atoms with Gasteiger partial charge in [0.1, 0.15) is 0 Å². The number of nitrogens with zero attached hydrogens (tertiary/aromatic N) is 1. The molecule has 1 aliphatic rings. The number of hydrogen-bond acceptors (Lipinski definition) is 3. The van der Waals surface area contributed by atoms with Gasteiger partial charge < -0.3 is 5.73 Å². The molecule has 0 aliphatic carbocycles. The molecule has 2 unspecified atom stereocenters. The van der Waals surface area contributed by atoms with Crippen LogP contribution in [0, 0.1) is 12.8 Å². The van der Waals surface area contributed by atoms with E-state index in [9.17, 15) is 8.42 Å². The van der Waals surface area contributed by atoms with E-state index in [4.69, 9.17) is 5.73 Å². The number of hydrogen-bond donors (Lipinski definition) is 1. The maximum atomic E-state index is 12.8. The van der Waals surface area contributed by atoms with E-state index in [0.29, 0.717) is 22.5 Å². The first-order chi connectivity index (χ1) is 9.27. The lowest BCUT2D eigenvalue weighted by Gasteiger charge is -2.22. The molecule has 0 amide bonds. The molecule has 0 bridgehead atoms. The van der Waals surface area contributed by atoms with Gasteiger partial charge in [-0.05, 0) is 66.4 Å². The fraction of sp³-hybridized carbons (Fsp3) is 0.538. The van der Waals surface area contributed by atoms with Crippen LogP contribution in [0.15, 0.2) is 26.0 Å². The van der Waals surface area contributed by atoms with E-state index in [1.165, 1.54) is 0 Å². The molecular formula is C13H18Br2N2O2S. The van der Waals surface area contributed by atoms with Gasteiger partial charge in [0.15, 0.2) is 0 Å². The van der Waals surface area contributed by atoms with E-state index >= 15 is 0 Å². The van der Waals surface area contributed by atoms with E-state index in [1.54, 1.807) is 10.4 Å². The van der Waals surface area contributed by atoms with E-state index in [-0.39, 0.29) is 12.0 Å². The maximum absolute atomic E-state index is 12.8. The van der Waals surface area contributed by atoms with Crippen LogP contribution in [0.1, 0.15) is 18.9 Å². The fourth-order valence-corrected chi connectivity index (χ4v) is 5.92. The van der Waals surface area contributed by atoms with Crippen molar-refractivity contribution in [2.24, 2.45) is 11.7 Å². The Morgan fingerprint density at radius 1 is 1.35 bits per heavy atom. The lowest BCUT2D eigenvalue weighted by molar-refractivity contribution is 0.404. The van der Waals surface area contributed by atoms with Gasteiger partial charge in [-0.25, -0.2) is 8.42 Å². The Kier molecular flexibility index (Phi) is 4.96. The molecule has 0 spiro atoms. The van der Waals surface area contributed by atoms with Crippen molar-refractivity contribution in [2.75, 3.05) is 13.1 Å². The van der Waals surface area contributed by atoms with Crippen LogP contribution in [-0.4, -0.2) is 31.9 Å². The van der Waals surface area contributed by atoms with Crippen molar-refractivity contribution in [3.05, 3.63) is 26.6 Å². The van der Waals surface area contributed by atoms with Gasteiger partial charge in [-0.2, -0.15) is 4.31 Å². The summed E-state index contributed by atoms with van der Waals surface area (Å²) >= 11 is 6.76. The molecule has 1 aliphatic heterocycles. The SMILES string of the molecule is Cc1cc(Br)c(S(=O)(=O)N2CC(CN)CC2C)cc1Br. The third kappa shape index (κ3) is 2.97. The van der Waals surface area contributed by atoms with Crippen molar-refractivity contribution in [3.8, 4) is 0 Å². The molecule has 1 aromatic rings. The molecule has 0 radical (unpaired) electrons. The van der Waals surface area contributed by atoms with Gasteiger partial charge in [-0.1, -0.05) is 15.9 Å². The summed E-state index contributed by atoms with van der Waals surface area (Å²) in [4.78, 5) is 0.305. The van der Waals surface area contributed by atoms with Crippen LogP contribution in [0.5, 0.6) is 0 Å². The summed E-state index contributed by atoms with van der Waals surface area (Å²) in [6, 6.07) is 3.47. The van der Waals surface area contributed by atoms with Crippen LogP contribution >= 0.6 is 31.9 Å². The Bertz CT molecular complexity index is 619. The summed E-state index contributed by atoms with van der Waals surface area (Å²) < 4.78 is 28.6. The van der Waals surface area contributed by atoms with Crippen LogP contribution in [0.2, 0.25) is 0 Å². The van der Waals surface area contributed by atoms with Crippen molar-refractivity contribution in [1.29, 1.82) is 0 Å².